The molecule has 1 heterocycles. The highest BCUT2D eigenvalue weighted by Gasteiger charge is 2.41. The standard InChI is InChI=1S/C60H43NOSi/c1-5-17-44(18-6-1)48-19-15-20-49(43-48)47-33-39-51(40-34-47)61(58-29-16-28-57-56-27-13-14-30-59(56)62-60(57)58)50-37-31-45(32-38-50)46-35-41-55(42-36-46)63(52-21-7-2-8-22-52,53-23-9-3-10-24-53)54-25-11-4-12-26-54/h1-43H. The molecule has 0 fully saturated rings. The molecule has 0 amide bonds. The summed E-state index contributed by atoms with van der Waals surface area (Å²) in [6, 6.07) is 94.6. The fraction of sp³-hybridized carbons (Fsp3) is 0. The number of benzene rings is 10. The molecule has 1 aromatic heterocycles. The smallest absolute Gasteiger partial charge is 0.179 e. The minimum atomic E-state index is -2.62. The maximum Gasteiger partial charge on any atom is 0.179 e. The SMILES string of the molecule is c1ccc(-c2cccc(-c3ccc(N(c4ccc(-c5ccc([Si](c6ccccc6)(c6ccccc6)c6ccccc6)cc5)cc4)c4cccc5c4oc4ccccc45)cc3)c2)cc1. The maximum absolute atomic E-state index is 6.64. The van der Waals surface area contributed by atoms with Crippen molar-refractivity contribution in [1.82, 2.24) is 0 Å². The van der Waals surface area contributed by atoms with Gasteiger partial charge in [-0.2, -0.15) is 0 Å². The Balaban J connectivity index is 0.984. The quantitative estimate of drug-likeness (QED) is 0.101. The molecule has 0 saturated heterocycles. The Morgan fingerprint density at radius 1 is 0.286 bits per heavy atom. The summed E-state index contributed by atoms with van der Waals surface area (Å²) >= 11 is 0. The van der Waals surface area contributed by atoms with Crippen molar-refractivity contribution in [2.24, 2.45) is 0 Å². The van der Waals surface area contributed by atoms with Crippen LogP contribution in [0, 0.1) is 0 Å². The van der Waals surface area contributed by atoms with Crippen molar-refractivity contribution in [2.75, 3.05) is 4.90 Å². The molecular weight excluding hydrogens is 779 g/mol. The van der Waals surface area contributed by atoms with Gasteiger partial charge in [0.1, 0.15) is 5.58 Å². The summed E-state index contributed by atoms with van der Waals surface area (Å²) < 4.78 is 6.64. The van der Waals surface area contributed by atoms with Crippen LogP contribution in [0.15, 0.2) is 265 Å². The molecule has 0 aliphatic heterocycles. The summed E-state index contributed by atoms with van der Waals surface area (Å²) in [7, 11) is -2.62. The first-order chi connectivity index (χ1) is 31.2. The van der Waals surface area contributed by atoms with Crippen molar-refractivity contribution < 1.29 is 4.42 Å². The van der Waals surface area contributed by atoms with Crippen LogP contribution >= 0.6 is 0 Å². The Morgan fingerprint density at radius 2 is 0.667 bits per heavy atom. The Bertz CT molecular complexity index is 3190. The third kappa shape index (κ3) is 6.95. The van der Waals surface area contributed by atoms with Gasteiger partial charge in [0, 0.05) is 22.1 Å². The molecule has 63 heavy (non-hydrogen) atoms. The molecule has 0 spiro atoms. The van der Waals surface area contributed by atoms with Gasteiger partial charge in [-0.3, -0.25) is 0 Å². The lowest BCUT2D eigenvalue weighted by molar-refractivity contribution is 0.669. The van der Waals surface area contributed by atoms with Crippen LogP contribution in [0.2, 0.25) is 0 Å². The summed E-state index contributed by atoms with van der Waals surface area (Å²) in [4.78, 5) is 2.32. The van der Waals surface area contributed by atoms with Crippen molar-refractivity contribution in [3.05, 3.63) is 261 Å². The summed E-state index contributed by atoms with van der Waals surface area (Å²) in [6.07, 6.45) is 0. The van der Waals surface area contributed by atoms with Crippen LogP contribution in [0.4, 0.5) is 17.1 Å². The first kappa shape index (κ1) is 38.0. The minimum absolute atomic E-state index is 0.862. The second-order valence-electron chi connectivity index (χ2n) is 16.1. The minimum Gasteiger partial charge on any atom is -0.454 e. The van der Waals surface area contributed by atoms with Gasteiger partial charge in [-0.25, -0.2) is 0 Å². The lowest BCUT2D eigenvalue weighted by Crippen LogP contribution is -2.74. The monoisotopic (exact) mass is 821 g/mol. The average Bonchev–Trinajstić information content (AvgIpc) is 3.76. The maximum atomic E-state index is 6.64. The van der Waals surface area contributed by atoms with E-state index < -0.39 is 8.07 Å². The van der Waals surface area contributed by atoms with Crippen molar-refractivity contribution >= 4 is 67.8 Å². The second-order valence-corrected chi connectivity index (χ2v) is 19.9. The summed E-state index contributed by atoms with van der Waals surface area (Å²) in [6.45, 7) is 0. The average molecular weight is 822 g/mol. The Hall–Kier alpha value is -7.98. The van der Waals surface area contributed by atoms with Crippen LogP contribution in [0.3, 0.4) is 0 Å². The van der Waals surface area contributed by atoms with Crippen LogP contribution in [-0.4, -0.2) is 8.07 Å². The van der Waals surface area contributed by atoms with Gasteiger partial charge in [0.2, 0.25) is 0 Å². The van der Waals surface area contributed by atoms with Gasteiger partial charge in [0.05, 0.1) is 5.69 Å². The summed E-state index contributed by atoms with van der Waals surface area (Å²) in [5.41, 5.74) is 11.9. The molecule has 0 N–H and O–H groups in total. The van der Waals surface area contributed by atoms with Crippen molar-refractivity contribution in [1.29, 1.82) is 0 Å². The molecule has 0 aliphatic rings. The number of hydrogen-bond acceptors (Lipinski definition) is 2. The highest BCUT2D eigenvalue weighted by molar-refractivity contribution is 7.19. The number of fused-ring (bicyclic) bond motifs is 3. The first-order valence-electron chi connectivity index (χ1n) is 21.6. The van der Waals surface area contributed by atoms with Crippen molar-refractivity contribution in [2.45, 2.75) is 0 Å². The third-order valence-corrected chi connectivity index (χ3v) is 17.2. The van der Waals surface area contributed by atoms with Gasteiger partial charge in [0.15, 0.2) is 13.7 Å². The molecule has 11 aromatic rings. The van der Waals surface area contributed by atoms with E-state index in [4.69, 9.17) is 4.42 Å². The van der Waals surface area contributed by atoms with Gasteiger partial charge >= 0.3 is 0 Å². The molecule has 0 bridgehead atoms. The normalized spacial score (nSPS) is 11.5. The van der Waals surface area contributed by atoms with Gasteiger partial charge in [-0.1, -0.05) is 218 Å². The Labute approximate surface area is 369 Å². The largest absolute Gasteiger partial charge is 0.454 e. The topological polar surface area (TPSA) is 16.4 Å². The lowest BCUT2D eigenvalue weighted by Gasteiger charge is -2.34. The molecule has 11 rings (SSSR count). The zero-order chi connectivity index (χ0) is 42.0. The number of hydrogen-bond donors (Lipinski definition) is 0. The van der Waals surface area contributed by atoms with Crippen LogP contribution in [0.1, 0.15) is 0 Å². The van der Waals surface area contributed by atoms with E-state index in [1.807, 2.05) is 12.1 Å². The van der Waals surface area contributed by atoms with Crippen molar-refractivity contribution in [3.8, 4) is 33.4 Å². The van der Waals surface area contributed by atoms with Gasteiger partial charge in [0.25, 0.3) is 0 Å². The van der Waals surface area contributed by atoms with E-state index in [2.05, 4.69) is 254 Å². The predicted octanol–water partition coefficient (Wildman–Crippen LogP) is 13.4. The highest BCUT2D eigenvalue weighted by atomic mass is 28.3. The van der Waals surface area contributed by atoms with Gasteiger partial charge in [-0.15, -0.1) is 0 Å². The van der Waals surface area contributed by atoms with E-state index in [0.29, 0.717) is 0 Å². The van der Waals surface area contributed by atoms with E-state index in [1.54, 1.807) is 0 Å². The van der Waals surface area contributed by atoms with Gasteiger partial charge < -0.3 is 9.32 Å². The molecule has 0 saturated carbocycles. The van der Waals surface area contributed by atoms with E-state index in [1.165, 1.54) is 43.0 Å². The molecule has 0 aliphatic carbocycles. The molecule has 0 atom stereocenters. The Kier molecular flexibility index (Phi) is 9.93. The Morgan fingerprint density at radius 3 is 1.21 bits per heavy atom. The van der Waals surface area contributed by atoms with Crippen molar-refractivity contribution in [3.63, 3.8) is 0 Å². The molecular formula is C60H43NOSi. The van der Waals surface area contributed by atoms with Crippen LogP contribution in [0.5, 0.6) is 0 Å². The molecule has 2 nitrogen and oxygen atoms in total. The number of furan rings is 1. The molecule has 0 unspecified atom stereocenters. The van der Waals surface area contributed by atoms with E-state index >= 15 is 0 Å². The van der Waals surface area contributed by atoms with Gasteiger partial charge in [-0.05, 0) is 96.6 Å². The van der Waals surface area contributed by atoms with E-state index in [-0.39, 0.29) is 0 Å². The molecule has 3 heteroatoms. The first-order valence-corrected chi connectivity index (χ1v) is 23.6. The summed E-state index contributed by atoms with van der Waals surface area (Å²) in [5.74, 6) is 0. The van der Waals surface area contributed by atoms with E-state index in [9.17, 15) is 0 Å². The molecule has 0 radical (unpaired) electrons. The molecule has 10 aromatic carbocycles. The number of anilines is 3. The van der Waals surface area contributed by atoms with E-state index in [0.717, 1.165) is 50.1 Å². The fourth-order valence-corrected chi connectivity index (χ4v) is 14.2. The number of nitrogens with zero attached hydrogens (tertiary/aromatic N) is 1. The predicted molar refractivity (Wildman–Crippen MR) is 268 cm³/mol. The zero-order valence-electron chi connectivity index (χ0n) is 34.7. The molecule has 298 valence electrons. The number of para-hydroxylation sites is 2. The summed E-state index contributed by atoms with van der Waals surface area (Å²) in [5, 5.41) is 7.67. The van der Waals surface area contributed by atoms with Crippen LogP contribution < -0.4 is 25.6 Å². The van der Waals surface area contributed by atoms with Crippen LogP contribution in [-0.2, 0) is 0 Å². The third-order valence-electron chi connectivity index (χ3n) is 12.5. The fourth-order valence-electron chi connectivity index (χ4n) is 9.43. The zero-order valence-corrected chi connectivity index (χ0v) is 35.7. The second kappa shape index (κ2) is 16.5. The highest BCUT2D eigenvalue weighted by Crippen LogP contribution is 2.43. The number of rotatable bonds is 10. The lowest BCUT2D eigenvalue weighted by atomic mass is 9.99. The van der Waals surface area contributed by atoms with Crippen LogP contribution in [0.25, 0.3) is 55.3 Å².